The highest BCUT2D eigenvalue weighted by Crippen LogP contribution is 2.26. The van der Waals surface area contributed by atoms with Crippen LogP contribution in [0.3, 0.4) is 0 Å². The van der Waals surface area contributed by atoms with Crippen LogP contribution in [-0.2, 0) is 4.74 Å². The van der Waals surface area contributed by atoms with Gasteiger partial charge in [0.15, 0.2) is 0 Å². The van der Waals surface area contributed by atoms with Gasteiger partial charge in [0.2, 0.25) is 0 Å². The SMILES string of the molecule is CC(C)[C@H]1CN2C[C@@H](NC(=O)c3ccc4n[nH]nc4c3)C[C@H]2CO1. The molecule has 0 saturated carbocycles. The Balaban J connectivity index is 1.40. The molecule has 1 aromatic carbocycles. The third kappa shape index (κ3) is 2.89. The van der Waals surface area contributed by atoms with Gasteiger partial charge in [-0.1, -0.05) is 13.8 Å². The molecule has 24 heavy (non-hydrogen) atoms. The van der Waals surface area contributed by atoms with Crippen molar-refractivity contribution in [3.05, 3.63) is 23.8 Å². The Morgan fingerprint density at radius 1 is 1.33 bits per heavy atom. The van der Waals surface area contributed by atoms with Crippen LogP contribution in [0.4, 0.5) is 0 Å². The predicted octanol–water partition coefficient (Wildman–Crippen LogP) is 1.19. The maximum Gasteiger partial charge on any atom is 0.251 e. The number of benzene rings is 1. The highest BCUT2D eigenvalue weighted by molar-refractivity contribution is 5.97. The predicted molar refractivity (Wildman–Crippen MR) is 89.7 cm³/mol. The molecule has 0 radical (unpaired) electrons. The van der Waals surface area contributed by atoms with Gasteiger partial charge in [-0.3, -0.25) is 9.69 Å². The van der Waals surface area contributed by atoms with Gasteiger partial charge in [-0.05, 0) is 30.5 Å². The minimum atomic E-state index is -0.0499. The lowest BCUT2D eigenvalue weighted by atomic mass is 10.0. The van der Waals surface area contributed by atoms with Crippen molar-refractivity contribution in [2.45, 2.75) is 38.5 Å². The average Bonchev–Trinajstić information content (AvgIpc) is 3.18. The molecule has 2 fully saturated rings. The Morgan fingerprint density at radius 2 is 2.17 bits per heavy atom. The molecule has 1 aromatic heterocycles. The molecule has 2 N–H and O–H groups in total. The third-order valence-corrected chi connectivity index (χ3v) is 5.10. The first kappa shape index (κ1) is 15.5. The fourth-order valence-corrected chi connectivity index (χ4v) is 3.66. The zero-order valence-electron chi connectivity index (χ0n) is 14.0. The first-order chi connectivity index (χ1) is 11.6. The van der Waals surface area contributed by atoms with E-state index in [0.717, 1.165) is 31.6 Å². The lowest BCUT2D eigenvalue weighted by molar-refractivity contribution is -0.0683. The van der Waals surface area contributed by atoms with Crippen LogP contribution in [0.1, 0.15) is 30.6 Å². The van der Waals surface area contributed by atoms with E-state index < -0.39 is 0 Å². The van der Waals surface area contributed by atoms with E-state index in [4.69, 9.17) is 4.74 Å². The van der Waals surface area contributed by atoms with E-state index in [1.54, 1.807) is 12.1 Å². The summed E-state index contributed by atoms with van der Waals surface area (Å²) < 4.78 is 5.96. The van der Waals surface area contributed by atoms with Gasteiger partial charge in [-0.15, -0.1) is 0 Å². The van der Waals surface area contributed by atoms with Crippen LogP contribution < -0.4 is 5.32 Å². The summed E-state index contributed by atoms with van der Waals surface area (Å²) in [6.45, 7) is 7.01. The summed E-state index contributed by atoms with van der Waals surface area (Å²) in [4.78, 5) is 15.0. The van der Waals surface area contributed by atoms with E-state index in [1.165, 1.54) is 0 Å². The molecule has 4 rings (SSSR count). The molecule has 0 bridgehead atoms. The van der Waals surface area contributed by atoms with E-state index in [-0.39, 0.29) is 11.9 Å². The molecule has 3 heterocycles. The number of H-pyrrole nitrogens is 1. The molecule has 0 spiro atoms. The molecular weight excluding hydrogens is 306 g/mol. The number of rotatable bonds is 3. The normalized spacial score (nSPS) is 27.5. The van der Waals surface area contributed by atoms with Crippen molar-refractivity contribution in [3.63, 3.8) is 0 Å². The van der Waals surface area contributed by atoms with Crippen molar-refractivity contribution in [2.24, 2.45) is 5.92 Å². The van der Waals surface area contributed by atoms with Crippen LogP contribution >= 0.6 is 0 Å². The Hall–Kier alpha value is -1.99. The molecular formula is C17H23N5O2. The van der Waals surface area contributed by atoms with Crippen LogP contribution in [0, 0.1) is 5.92 Å². The number of ether oxygens (including phenoxy) is 1. The third-order valence-electron chi connectivity index (χ3n) is 5.10. The fraction of sp³-hybridized carbons (Fsp3) is 0.588. The van der Waals surface area contributed by atoms with E-state index in [1.807, 2.05) is 6.07 Å². The summed E-state index contributed by atoms with van der Waals surface area (Å²) in [5.41, 5.74) is 2.10. The van der Waals surface area contributed by atoms with Crippen molar-refractivity contribution in [1.82, 2.24) is 25.6 Å². The van der Waals surface area contributed by atoms with Gasteiger partial charge >= 0.3 is 0 Å². The summed E-state index contributed by atoms with van der Waals surface area (Å²) in [6.07, 6.45) is 1.24. The van der Waals surface area contributed by atoms with Crippen molar-refractivity contribution in [2.75, 3.05) is 19.7 Å². The van der Waals surface area contributed by atoms with Crippen LogP contribution in [0.5, 0.6) is 0 Å². The van der Waals surface area contributed by atoms with Gasteiger partial charge in [0, 0.05) is 30.7 Å². The standard InChI is InChI=1S/C17H23N5O2/c1-10(2)16-8-22-7-12(6-13(22)9-24-16)18-17(23)11-3-4-14-15(5-11)20-21-19-14/h3-5,10,12-13,16H,6-9H2,1-2H3,(H,18,23)(H,19,20,21)/t12-,13-,16+/m0/s1. The number of nitrogens with zero attached hydrogens (tertiary/aromatic N) is 3. The van der Waals surface area contributed by atoms with Crippen molar-refractivity contribution < 1.29 is 9.53 Å². The molecule has 0 unspecified atom stereocenters. The summed E-state index contributed by atoms with van der Waals surface area (Å²) in [5.74, 6) is 0.472. The molecule has 2 aromatic rings. The Bertz CT molecular complexity index is 743. The van der Waals surface area contributed by atoms with Crippen LogP contribution in [-0.4, -0.2) is 64.1 Å². The van der Waals surface area contributed by atoms with Gasteiger partial charge in [0.25, 0.3) is 5.91 Å². The molecule has 2 aliphatic heterocycles. The quantitative estimate of drug-likeness (QED) is 0.884. The minimum absolute atomic E-state index is 0.0499. The second-order valence-electron chi connectivity index (χ2n) is 7.16. The minimum Gasteiger partial charge on any atom is -0.375 e. The molecule has 3 atom stereocenters. The van der Waals surface area contributed by atoms with Gasteiger partial charge in [0.05, 0.1) is 12.7 Å². The number of aromatic amines is 1. The lowest BCUT2D eigenvalue weighted by Gasteiger charge is -2.36. The summed E-state index contributed by atoms with van der Waals surface area (Å²) in [7, 11) is 0. The second-order valence-corrected chi connectivity index (χ2v) is 7.16. The van der Waals surface area contributed by atoms with E-state index in [0.29, 0.717) is 29.1 Å². The molecule has 2 aliphatic rings. The first-order valence-corrected chi connectivity index (χ1v) is 8.57. The van der Waals surface area contributed by atoms with Gasteiger partial charge < -0.3 is 10.1 Å². The largest absolute Gasteiger partial charge is 0.375 e. The Morgan fingerprint density at radius 3 is 3.00 bits per heavy atom. The zero-order chi connectivity index (χ0) is 16.7. The molecule has 2 saturated heterocycles. The topological polar surface area (TPSA) is 83.1 Å². The van der Waals surface area contributed by atoms with Gasteiger partial charge in [0.1, 0.15) is 11.0 Å². The molecule has 0 aliphatic carbocycles. The number of amides is 1. The smallest absolute Gasteiger partial charge is 0.251 e. The number of fused-ring (bicyclic) bond motifs is 2. The lowest BCUT2D eigenvalue weighted by Crippen LogP contribution is -2.48. The fourth-order valence-electron chi connectivity index (χ4n) is 3.66. The first-order valence-electron chi connectivity index (χ1n) is 8.57. The molecule has 7 heteroatoms. The van der Waals surface area contributed by atoms with Gasteiger partial charge in [-0.2, -0.15) is 15.4 Å². The van der Waals surface area contributed by atoms with Crippen LogP contribution in [0.25, 0.3) is 11.0 Å². The van der Waals surface area contributed by atoms with Crippen molar-refractivity contribution in [1.29, 1.82) is 0 Å². The molecule has 1 amide bonds. The number of aromatic nitrogens is 3. The zero-order valence-corrected chi connectivity index (χ0v) is 14.0. The van der Waals surface area contributed by atoms with E-state index in [9.17, 15) is 4.79 Å². The highest BCUT2D eigenvalue weighted by Gasteiger charge is 2.38. The molecule has 128 valence electrons. The van der Waals surface area contributed by atoms with Crippen LogP contribution in [0.2, 0.25) is 0 Å². The monoisotopic (exact) mass is 329 g/mol. The molecule has 7 nitrogen and oxygen atoms in total. The Kier molecular flexibility index (Phi) is 3.97. The number of hydrogen-bond donors (Lipinski definition) is 2. The number of morpholine rings is 1. The van der Waals surface area contributed by atoms with Crippen molar-refractivity contribution in [3.8, 4) is 0 Å². The highest BCUT2D eigenvalue weighted by atomic mass is 16.5. The van der Waals surface area contributed by atoms with Crippen molar-refractivity contribution >= 4 is 16.9 Å². The summed E-state index contributed by atoms with van der Waals surface area (Å²) in [6, 6.07) is 5.97. The summed E-state index contributed by atoms with van der Waals surface area (Å²) in [5, 5.41) is 13.8. The number of nitrogens with one attached hydrogen (secondary N) is 2. The van der Waals surface area contributed by atoms with Gasteiger partial charge in [-0.25, -0.2) is 0 Å². The van der Waals surface area contributed by atoms with E-state index >= 15 is 0 Å². The maximum atomic E-state index is 12.5. The number of hydrogen-bond acceptors (Lipinski definition) is 5. The summed E-state index contributed by atoms with van der Waals surface area (Å²) >= 11 is 0. The number of carbonyl (C=O) groups is 1. The second kappa shape index (κ2) is 6.14. The maximum absolute atomic E-state index is 12.5. The van der Waals surface area contributed by atoms with E-state index in [2.05, 4.69) is 39.5 Å². The van der Waals surface area contributed by atoms with Crippen LogP contribution in [0.15, 0.2) is 18.2 Å². The Labute approximate surface area is 140 Å². The average molecular weight is 329 g/mol. The number of carbonyl (C=O) groups excluding carboxylic acids is 1.